The van der Waals surface area contributed by atoms with Crippen LogP contribution in [0.3, 0.4) is 0 Å². The van der Waals surface area contributed by atoms with Crippen molar-refractivity contribution < 1.29 is 8.42 Å². The highest BCUT2D eigenvalue weighted by Crippen LogP contribution is 2.31. The summed E-state index contributed by atoms with van der Waals surface area (Å²) in [6.07, 6.45) is 0. The van der Waals surface area contributed by atoms with Gasteiger partial charge in [-0.25, -0.2) is 8.42 Å². The SMILES string of the molecule is Cc1ccc(-c2cc(S(=O)(=O)Cl)ccc2Cl)cc1. The molecule has 0 amide bonds. The van der Waals surface area contributed by atoms with E-state index in [0.29, 0.717) is 10.6 Å². The molecule has 0 saturated carbocycles. The molecule has 0 aliphatic rings. The summed E-state index contributed by atoms with van der Waals surface area (Å²) in [5.74, 6) is 0. The van der Waals surface area contributed by atoms with Crippen molar-refractivity contribution in [1.82, 2.24) is 0 Å². The summed E-state index contributed by atoms with van der Waals surface area (Å²) >= 11 is 6.08. The van der Waals surface area contributed by atoms with E-state index in [4.69, 9.17) is 22.3 Å². The Balaban J connectivity index is 2.60. The Hall–Kier alpha value is -1.03. The molecular weight excluding hydrogens is 291 g/mol. The number of aryl methyl sites for hydroxylation is 1. The highest BCUT2D eigenvalue weighted by atomic mass is 35.7. The third-order valence-corrected chi connectivity index (χ3v) is 4.26. The molecular formula is C13H10Cl2O2S. The lowest BCUT2D eigenvalue weighted by atomic mass is 10.0. The molecule has 2 nitrogen and oxygen atoms in total. The van der Waals surface area contributed by atoms with E-state index < -0.39 is 9.05 Å². The number of hydrogen-bond donors (Lipinski definition) is 0. The van der Waals surface area contributed by atoms with E-state index in [2.05, 4.69) is 0 Å². The lowest BCUT2D eigenvalue weighted by molar-refractivity contribution is 0.609. The van der Waals surface area contributed by atoms with E-state index in [9.17, 15) is 8.42 Å². The summed E-state index contributed by atoms with van der Waals surface area (Å²) in [4.78, 5) is 0.0455. The van der Waals surface area contributed by atoms with E-state index in [-0.39, 0.29) is 4.90 Å². The van der Waals surface area contributed by atoms with Gasteiger partial charge in [-0.3, -0.25) is 0 Å². The number of hydrogen-bond acceptors (Lipinski definition) is 2. The van der Waals surface area contributed by atoms with Gasteiger partial charge in [-0.2, -0.15) is 0 Å². The molecule has 94 valence electrons. The van der Waals surface area contributed by atoms with E-state index in [1.165, 1.54) is 18.2 Å². The van der Waals surface area contributed by atoms with E-state index >= 15 is 0 Å². The molecule has 0 saturated heterocycles. The second-order valence-corrected chi connectivity index (χ2v) is 6.92. The van der Waals surface area contributed by atoms with Crippen molar-refractivity contribution in [3.63, 3.8) is 0 Å². The highest BCUT2D eigenvalue weighted by Gasteiger charge is 2.13. The van der Waals surface area contributed by atoms with Crippen LogP contribution in [0.2, 0.25) is 5.02 Å². The Labute approximate surface area is 116 Å². The van der Waals surface area contributed by atoms with Crippen LogP contribution >= 0.6 is 22.3 Å². The minimum atomic E-state index is -3.74. The van der Waals surface area contributed by atoms with Crippen molar-refractivity contribution >= 4 is 31.3 Å². The predicted molar refractivity (Wildman–Crippen MR) is 74.7 cm³/mol. The summed E-state index contributed by atoms with van der Waals surface area (Å²) in [5, 5.41) is 0.489. The lowest BCUT2D eigenvalue weighted by Crippen LogP contribution is -1.91. The van der Waals surface area contributed by atoms with E-state index in [1.807, 2.05) is 31.2 Å². The Bertz CT molecular complexity index is 677. The molecule has 0 bridgehead atoms. The maximum atomic E-state index is 11.3. The number of halogens is 2. The summed E-state index contributed by atoms with van der Waals surface area (Å²) in [6.45, 7) is 1.98. The van der Waals surface area contributed by atoms with Crippen LogP contribution in [-0.2, 0) is 9.05 Å². The molecule has 0 aliphatic carbocycles. The number of benzene rings is 2. The largest absolute Gasteiger partial charge is 0.261 e. The molecule has 2 aromatic carbocycles. The van der Waals surface area contributed by atoms with E-state index in [0.717, 1.165) is 11.1 Å². The summed E-state index contributed by atoms with van der Waals surface area (Å²) in [6, 6.07) is 12.1. The Morgan fingerprint density at radius 3 is 2.17 bits per heavy atom. The van der Waals surface area contributed by atoms with Crippen molar-refractivity contribution in [1.29, 1.82) is 0 Å². The first-order chi connectivity index (χ1) is 8.38. The van der Waals surface area contributed by atoms with Crippen molar-refractivity contribution in [2.24, 2.45) is 0 Å². The quantitative estimate of drug-likeness (QED) is 0.777. The minimum absolute atomic E-state index is 0.0455. The van der Waals surface area contributed by atoms with Gasteiger partial charge in [-0.1, -0.05) is 41.4 Å². The van der Waals surface area contributed by atoms with Crippen LogP contribution < -0.4 is 0 Å². The molecule has 0 atom stereocenters. The van der Waals surface area contributed by atoms with Crippen LogP contribution in [0.25, 0.3) is 11.1 Å². The van der Waals surface area contributed by atoms with Gasteiger partial charge in [-0.15, -0.1) is 0 Å². The summed E-state index contributed by atoms with van der Waals surface area (Å²) in [7, 11) is 1.58. The highest BCUT2D eigenvalue weighted by molar-refractivity contribution is 8.13. The van der Waals surface area contributed by atoms with Crippen LogP contribution in [0.15, 0.2) is 47.4 Å². The Morgan fingerprint density at radius 1 is 1.00 bits per heavy atom. The summed E-state index contributed by atoms with van der Waals surface area (Å²) < 4.78 is 22.6. The zero-order valence-corrected chi connectivity index (χ0v) is 11.9. The fourth-order valence-electron chi connectivity index (χ4n) is 1.61. The molecule has 0 spiro atoms. The topological polar surface area (TPSA) is 34.1 Å². The molecule has 0 fully saturated rings. The normalized spacial score (nSPS) is 11.5. The molecule has 0 aromatic heterocycles. The van der Waals surface area contributed by atoms with Crippen molar-refractivity contribution in [2.75, 3.05) is 0 Å². The van der Waals surface area contributed by atoms with Gasteiger partial charge in [0, 0.05) is 21.3 Å². The second kappa shape index (κ2) is 4.92. The predicted octanol–water partition coefficient (Wildman–Crippen LogP) is 4.24. The fraction of sp³-hybridized carbons (Fsp3) is 0.0769. The van der Waals surface area contributed by atoms with Gasteiger partial charge in [0.25, 0.3) is 9.05 Å². The molecule has 5 heteroatoms. The van der Waals surface area contributed by atoms with Crippen LogP contribution in [0.5, 0.6) is 0 Å². The van der Waals surface area contributed by atoms with Gasteiger partial charge >= 0.3 is 0 Å². The molecule has 2 aromatic rings. The maximum absolute atomic E-state index is 11.3. The molecule has 0 radical (unpaired) electrons. The van der Waals surface area contributed by atoms with Gasteiger partial charge in [0.05, 0.1) is 4.90 Å². The van der Waals surface area contributed by atoms with Crippen LogP contribution in [0.4, 0.5) is 0 Å². The average molecular weight is 301 g/mol. The van der Waals surface area contributed by atoms with Gasteiger partial charge in [-0.05, 0) is 30.7 Å². The van der Waals surface area contributed by atoms with Crippen LogP contribution in [0.1, 0.15) is 5.56 Å². The second-order valence-electron chi connectivity index (χ2n) is 3.95. The summed E-state index contributed by atoms with van der Waals surface area (Å²) in [5.41, 5.74) is 2.63. The molecule has 18 heavy (non-hydrogen) atoms. The first-order valence-electron chi connectivity index (χ1n) is 5.19. The van der Waals surface area contributed by atoms with Gasteiger partial charge in [0.1, 0.15) is 0 Å². The first kappa shape index (κ1) is 13.4. The Morgan fingerprint density at radius 2 is 1.61 bits per heavy atom. The van der Waals surface area contributed by atoms with Crippen molar-refractivity contribution in [3.05, 3.63) is 53.1 Å². The van der Waals surface area contributed by atoms with Gasteiger partial charge in [0.15, 0.2) is 0 Å². The Kier molecular flexibility index (Phi) is 3.66. The average Bonchev–Trinajstić information content (AvgIpc) is 2.29. The third kappa shape index (κ3) is 2.86. The van der Waals surface area contributed by atoms with Gasteiger partial charge in [0.2, 0.25) is 0 Å². The van der Waals surface area contributed by atoms with Crippen LogP contribution in [-0.4, -0.2) is 8.42 Å². The lowest BCUT2D eigenvalue weighted by Gasteiger charge is -2.06. The molecule has 0 unspecified atom stereocenters. The van der Waals surface area contributed by atoms with Crippen molar-refractivity contribution in [3.8, 4) is 11.1 Å². The molecule has 0 N–H and O–H groups in total. The third-order valence-electron chi connectivity index (χ3n) is 2.58. The van der Waals surface area contributed by atoms with Crippen molar-refractivity contribution in [2.45, 2.75) is 11.8 Å². The fourth-order valence-corrected chi connectivity index (χ4v) is 2.61. The smallest absolute Gasteiger partial charge is 0.207 e. The van der Waals surface area contributed by atoms with E-state index in [1.54, 1.807) is 0 Å². The monoisotopic (exact) mass is 300 g/mol. The van der Waals surface area contributed by atoms with Gasteiger partial charge < -0.3 is 0 Å². The number of rotatable bonds is 2. The molecule has 0 heterocycles. The zero-order valence-electron chi connectivity index (χ0n) is 9.52. The standard InChI is InChI=1S/C13H10Cl2O2S/c1-9-2-4-10(5-3-9)12-8-11(18(15,16)17)6-7-13(12)14/h2-8H,1H3. The zero-order chi connectivity index (χ0) is 13.3. The van der Waals surface area contributed by atoms with Crippen LogP contribution in [0, 0.1) is 6.92 Å². The molecule has 0 aliphatic heterocycles. The maximum Gasteiger partial charge on any atom is 0.261 e. The minimum Gasteiger partial charge on any atom is -0.207 e. The first-order valence-corrected chi connectivity index (χ1v) is 7.88. The molecule has 2 rings (SSSR count).